The first-order chi connectivity index (χ1) is 17.5. The third kappa shape index (κ3) is 6.77. The fraction of sp³-hybridized carbons (Fsp3) is 0.480. The molecule has 0 saturated heterocycles. The molecule has 0 amide bonds. The fourth-order valence-electron chi connectivity index (χ4n) is 4.94. The summed E-state index contributed by atoms with van der Waals surface area (Å²) >= 11 is 12.3. The summed E-state index contributed by atoms with van der Waals surface area (Å²) in [6.45, 7) is 4.41. The van der Waals surface area contributed by atoms with Gasteiger partial charge in [-0.1, -0.05) is 26.3 Å². The van der Waals surface area contributed by atoms with Crippen LogP contribution in [0.3, 0.4) is 0 Å². The van der Waals surface area contributed by atoms with Crippen LogP contribution in [0, 0.1) is 5.41 Å². The SMILES string of the molecule is CCC[C@]1(C)CC[C@H](F)[C@H](N(C)c2cnc(-c3ccc(-c4cnnc(OC(S)(S)S)c4)cc3O)nn2)C1. The van der Waals surface area contributed by atoms with E-state index >= 15 is 0 Å². The second-order valence-corrected chi connectivity index (χ2v) is 12.8. The van der Waals surface area contributed by atoms with Crippen LogP contribution >= 0.6 is 37.9 Å². The Morgan fingerprint density at radius 2 is 1.95 bits per heavy atom. The summed E-state index contributed by atoms with van der Waals surface area (Å²) in [6.07, 6.45) is 6.55. The maximum absolute atomic E-state index is 14.9. The van der Waals surface area contributed by atoms with E-state index < -0.39 is 9.77 Å². The minimum absolute atomic E-state index is 0.0296. The van der Waals surface area contributed by atoms with Crippen LogP contribution < -0.4 is 9.64 Å². The average Bonchev–Trinajstić information content (AvgIpc) is 2.85. The van der Waals surface area contributed by atoms with E-state index in [4.69, 9.17) is 4.74 Å². The Labute approximate surface area is 232 Å². The molecule has 37 heavy (non-hydrogen) atoms. The van der Waals surface area contributed by atoms with Crippen LogP contribution in [-0.2, 0) is 0 Å². The van der Waals surface area contributed by atoms with Crippen molar-refractivity contribution in [2.24, 2.45) is 5.41 Å². The molecule has 1 aliphatic rings. The Morgan fingerprint density at radius 3 is 2.59 bits per heavy atom. The number of hydrogen-bond acceptors (Lipinski definition) is 11. The summed E-state index contributed by atoms with van der Waals surface area (Å²) < 4.78 is 19.0. The van der Waals surface area contributed by atoms with E-state index in [2.05, 4.69) is 77.1 Å². The molecule has 0 bridgehead atoms. The molecule has 1 aromatic carbocycles. The van der Waals surface area contributed by atoms with Crippen molar-refractivity contribution in [2.45, 2.75) is 61.8 Å². The lowest BCUT2D eigenvalue weighted by atomic mass is 9.70. The monoisotopic (exact) mass is 562 g/mol. The number of phenols is 1. The summed E-state index contributed by atoms with van der Waals surface area (Å²) in [7, 11) is 1.84. The molecule has 1 fully saturated rings. The highest BCUT2D eigenvalue weighted by molar-refractivity contribution is 8.16. The summed E-state index contributed by atoms with van der Waals surface area (Å²) in [5, 5.41) is 27.0. The van der Waals surface area contributed by atoms with Gasteiger partial charge in [-0.05, 0) is 48.8 Å². The van der Waals surface area contributed by atoms with E-state index in [9.17, 15) is 9.50 Å². The maximum atomic E-state index is 14.9. The summed E-state index contributed by atoms with van der Waals surface area (Å²) in [4.78, 5) is 6.26. The first-order valence-electron chi connectivity index (χ1n) is 12.1. The van der Waals surface area contributed by atoms with Gasteiger partial charge in [-0.15, -0.1) is 53.2 Å². The molecule has 0 aliphatic heterocycles. The zero-order valence-electron chi connectivity index (χ0n) is 20.9. The number of anilines is 1. The largest absolute Gasteiger partial charge is 0.507 e. The molecule has 1 aliphatic carbocycles. The number of aromatic hydroxyl groups is 1. The Kier molecular flexibility index (Phi) is 8.39. The van der Waals surface area contributed by atoms with Gasteiger partial charge in [-0.3, -0.25) is 0 Å². The molecule has 12 heteroatoms. The van der Waals surface area contributed by atoms with Crippen molar-refractivity contribution in [2.75, 3.05) is 11.9 Å². The maximum Gasteiger partial charge on any atom is 0.243 e. The van der Waals surface area contributed by atoms with Gasteiger partial charge < -0.3 is 14.7 Å². The van der Waals surface area contributed by atoms with Gasteiger partial charge in [0.25, 0.3) is 0 Å². The van der Waals surface area contributed by atoms with Crippen molar-refractivity contribution in [3.8, 4) is 34.1 Å². The minimum Gasteiger partial charge on any atom is -0.507 e. The smallest absolute Gasteiger partial charge is 0.243 e. The molecular formula is C25H31FN6O2S3. The molecule has 2 heterocycles. The summed E-state index contributed by atoms with van der Waals surface area (Å²) in [6, 6.07) is 6.41. The lowest BCUT2D eigenvalue weighted by molar-refractivity contribution is 0.102. The number of rotatable bonds is 8. The Bertz CT molecular complexity index is 1230. The number of nitrogens with zero attached hydrogens (tertiary/aromatic N) is 6. The van der Waals surface area contributed by atoms with Crippen LogP contribution in [-0.4, -0.2) is 53.3 Å². The molecule has 0 unspecified atom stereocenters. The standard InChI is InChI=1S/C25H31FN6O2S3/c1-4-8-24(2)9-7-18(26)19(12-24)32(3)21-14-27-23(31-29-21)17-6-5-15(10-20(17)33)16-11-22(30-28-13-16)34-25(35,36)37/h5-6,10-11,13-14,18-19,33,35-37H,4,7-9,12H2,1-3H3/t18-,19+,24+/m0/s1. The lowest BCUT2D eigenvalue weighted by Crippen LogP contribution is -2.47. The molecule has 3 aromatic rings. The van der Waals surface area contributed by atoms with Crippen LogP contribution in [0.25, 0.3) is 22.5 Å². The van der Waals surface area contributed by atoms with Crippen LogP contribution in [0.4, 0.5) is 10.2 Å². The second kappa shape index (κ2) is 11.2. The van der Waals surface area contributed by atoms with Gasteiger partial charge in [0.1, 0.15) is 11.9 Å². The number of benzene rings is 1. The zero-order chi connectivity index (χ0) is 26.8. The first kappa shape index (κ1) is 27.7. The Balaban J connectivity index is 1.52. The highest BCUT2D eigenvalue weighted by Crippen LogP contribution is 2.43. The number of alkyl halides is 1. The lowest BCUT2D eigenvalue weighted by Gasteiger charge is -2.43. The Morgan fingerprint density at radius 1 is 1.16 bits per heavy atom. The zero-order valence-corrected chi connectivity index (χ0v) is 23.6. The van der Waals surface area contributed by atoms with Crippen molar-refractivity contribution in [3.63, 3.8) is 0 Å². The topological polar surface area (TPSA) is 97.2 Å². The van der Waals surface area contributed by atoms with E-state index in [0.29, 0.717) is 28.9 Å². The van der Waals surface area contributed by atoms with Crippen molar-refractivity contribution < 1.29 is 14.2 Å². The van der Waals surface area contributed by atoms with Crippen LogP contribution in [0.2, 0.25) is 0 Å². The van der Waals surface area contributed by atoms with Crippen LogP contribution in [0.15, 0.2) is 36.7 Å². The average molecular weight is 563 g/mol. The normalized spacial score (nSPS) is 22.0. The fourth-order valence-corrected chi connectivity index (χ4v) is 5.22. The number of hydrogen-bond donors (Lipinski definition) is 4. The van der Waals surface area contributed by atoms with Crippen molar-refractivity contribution >= 4 is 43.7 Å². The number of aromatic nitrogens is 5. The number of thiol groups is 3. The van der Waals surface area contributed by atoms with E-state index in [-0.39, 0.29) is 28.9 Å². The predicted molar refractivity (Wildman–Crippen MR) is 152 cm³/mol. The van der Waals surface area contributed by atoms with E-state index in [1.165, 1.54) is 6.20 Å². The van der Waals surface area contributed by atoms with Gasteiger partial charge in [0, 0.05) is 18.7 Å². The number of ether oxygens (including phenoxy) is 1. The van der Waals surface area contributed by atoms with E-state index in [0.717, 1.165) is 25.7 Å². The van der Waals surface area contributed by atoms with E-state index in [1.54, 1.807) is 30.5 Å². The van der Waals surface area contributed by atoms with Gasteiger partial charge in [0.15, 0.2) is 11.6 Å². The molecule has 2 aromatic heterocycles. The quantitative estimate of drug-likeness (QED) is 0.208. The molecule has 1 N–H and O–H groups in total. The highest BCUT2D eigenvalue weighted by atomic mass is 32.2. The molecular weight excluding hydrogens is 532 g/mol. The molecule has 1 saturated carbocycles. The van der Waals surface area contributed by atoms with Crippen LogP contribution in [0.1, 0.15) is 46.0 Å². The highest BCUT2D eigenvalue weighted by Gasteiger charge is 2.39. The van der Waals surface area contributed by atoms with Crippen molar-refractivity contribution in [1.29, 1.82) is 0 Å². The van der Waals surface area contributed by atoms with Gasteiger partial charge >= 0.3 is 0 Å². The van der Waals surface area contributed by atoms with Gasteiger partial charge in [-0.25, -0.2) is 9.37 Å². The molecule has 4 rings (SSSR count). The minimum atomic E-state index is -1.32. The van der Waals surface area contributed by atoms with Gasteiger partial charge in [0.05, 0.1) is 24.0 Å². The molecule has 0 radical (unpaired) electrons. The van der Waals surface area contributed by atoms with E-state index in [1.807, 2.05) is 11.9 Å². The molecule has 3 atom stereocenters. The van der Waals surface area contributed by atoms with Gasteiger partial charge in [0.2, 0.25) is 9.48 Å². The summed E-state index contributed by atoms with van der Waals surface area (Å²) in [5.41, 5.74) is 1.87. The third-order valence-electron chi connectivity index (χ3n) is 6.85. The summed E-state index contributed by atoms with van der Waals surface area (Å²) in [5.74, 6) is 0.909. The third-order valence-corrected chi connectivity index (χ3v) is 7.12. The predicted octanol–water partition coefficient (Wildman–Crippen LogP) is 5.61. The van der Waals surface area contributed by atoms with Crippen molar-refractivity contribution in [3.05, 3.63) is 36.7 Å². The number of halogens is 1. The second-order valence-electron chi connectivity index (χ2n) is 9.83. The molecule has 0 spiro atoms. The molecule has 8 nitrogen and oxygen atoms in total. The number of phenolic OH excluding ortho intramolecular Hbond substituents is 1. The van der Waals surface area contributed by atoms with Crippen LogP contribution in [0.5, 0.6) is 11.6 Å². The first-order valence-corrected chi connectivity index (χ1v) is 13.4. The van der Waals surface area contributed by atoms with Gasteiger partial charge in [-0.2, -0.15) is 5.10 Å². The Hall–Kier alpha value is -2.31. The molecule has 198 valence electrons. The van der Waals surface area contributed by atoms with Crippen molar-refractivity contribution in [1.82, 2.24) is 25.4 Å².